The van der Waals surface area contributed by atoms with E-state index in [1.165, 1.54) is 78.9 Å². The van der Waals surface area contributed by atoms with Crippen LogP contribution in [0, 0.1) is 40.1 Å². The van der Waals surface area contributed by atoms with E-state index in [1.54, 1.807) is 37.6 Å². The molecule has 0 bridgehead atoms. The van der Waals surface area contributed by atoms with Crippen LogP contribution >= 0.6 is 15.9 Å². The maximum atomic E-state index is 13.1. The van der Waals surface area contributed by atoms with Crippen LogP contribution in [0.4, 0.5) is 13.2 Å². The molecule has 83 heavy (non-hydrogen) atoms. The number of benzene rings is 6. The second-order valence-corrected chi connectivity index (χ2v) is 19.7. The van der Waals surface area contributed by atoms with Gasteiger partial charge in [0.1, 0.15) is 30.7 Å². The zero-order chi connectivity index (χ0) is 58.2. The second kappa shape index (κ2) is 27.5. The number of fused-ring (bicyclic) bond motifs is 3. The number of hydrogen-bond donors (Lipinski definition) is 1. The number of amides is 3. The van der Waals surface area contributed by atoms with Crippen molar-refractivity contribution in [2.24, 2.45) is 0 Å². The number of ether oxygens (including phenoxy) is 2. The minimum absolute atomic E-state index is 0.107. The van der Waals surface area contributed by atoms with Crippen LogP contribution in [0.1, 0.15) is 76.0 Å². The molecule has 3 aliphatic heterocycles. The molecule has 3 aliphatic rings. The van der Waals surface area contributed by atoms with Crippen molar-refractivity contribution in [3.05, 3.63) is 259 Å². The van der Waals surface area contributed by atoms with Crippen molar-refractivity contribution in [3.63, 3.8) is 0 Å². The van der Waals surface area contributed by atoms with Crippen LogP contribution < -0.4 is 15.0 Å². The van der Waals surface area contributed by atoms with Gasteiger partial charge in [-0.05, 0) is 114 Å². The number of rotatable bonds is 10. The number of nitrogens with zero attached hydrogens (tertiary/aromatic N) is 10. The van der Waals surface area contributed by atoms with E-state index in [0.29, 0.717) is 106 Å². The zero-order valence-electron chi connectivity index (χ0n) is 44.6. The van der Waals surface area contributed by atoms with Crippen molar-refractivity contribution in [2.45, 2.75) is 57.8 Å². The zero-order valence-corrected chi connectivity index (χ0v) is 46.2. The number of aromatic amines is 1. The Bertz CT molecular complexity index is 3850. The van der Waals surface area contributed by atoms with Crippen molar-refractivity contribution in [1.82, 2.24) is 44.0 Å². The van der Waals surface area contributed by atoms with Crippen molar-refractivity contribution in [1.29, 1.82) is 10.5 Å². The summed E-state index contributed by atoms with van der Waals surface area (Å²) >= 11 is 3.31. The number of hydrogen-bond acceptors (Lipinski definition) is 10. The van der Waals surface area contributed by atoms with E-state index >= 15 is 0 Å². The Morgan fingerprint density at radius 2 is 0.904 bits per heavy atom. The summed E-state index contributed by atoms with van der Waals surface area (Å²) in [5, 5.41) is 29.8. The third-order valence-electron chi connectivity index (χ3n) is 13.4. The summed E-state index contributed by atoms with van der Waals surface area (Å²) in [6.07, 6.45) is 0. The highest BCUT2D eigenvalue weighted by Crippen LogP contribution is 2.23. The Labute approximate surface area is 483 Å². The smallest absolute Gasteiger partial charge is 0.264 e. The van der Waals surface area contributed by atoms with Gasteiger partial charge in [0, 0.05) is 59.9 Å². The SMILES string of the molecule is N#Cc1cccc(CBr)c1.N#Cc1cccc(COc2cc3n(n2)CCN(C(=O)c2ccc(F)cc2)C3)c1.O=C(c1ccc(F)cc1)N1CCn2[nH]c(=O)cc2C1.O=C(c1ccc(F)cc1)N1CCn2nc(OCc3ccccc3)cc2C1. The third kappa shape index (κ3) is 15.5. The van der Waals surface area contributed by atoms with Gasteiger partial charge in [0.2, 0.25) is 11.8 Å². The van der Waals surface area contributed by atoms with Crippen LogP contribution in [0.5, 0.6) is 11.8 Å². The summed E-state index contributed by atoms with van der Waals surface area (Å²) in [6, 6.07) is 50.7. The normalized spacial score (nSPS) is 12.9. The van der Waals surface area contributed by atoms with Gasteiger partial charge in [-0.1, -0.05) is 70.5 Å². The minimum atomic E-state index is -0.366. The molecule has 0 atom stereocenters. The fourth-order valence-electron chi connectivity index (χ4n) is 9.10. The summed E-state index contributed by atoms with van der Waals surface area (Å²) in [5.41, 5.74) is 8.23. The van der Waals surface area contributed by atoms with Gasteiger partial charge in [0.05, 0.1) is 79.6 Å². The summed E-state index contributed by atoms with van der Waals surface area (Å²) in [7, 11) is 0. The van der Waals surface area contributed by atoms with Crippen molar-refractivity contribution < 1.29 is 37.0 Å². The van der Waals surface area contributed by atoms with Crippen LogP contribution in [0.15, 0.2) is 175 Å². The monoisotopic (exact) mass is 1180 g/mol. The molecule has 17 nitrogen and oxygen atoms in total. The first-order valence-corrected chi connectivity index (χ1v) is 27.3. The lowest BCUT2D eigenvalue weighted by Gasteiger charge is -2.28. The highest BCUT2D eigenvalue weighted by Gasteiger charge is 2.26. The lowest BCUT2D eigenvalue weighted by Crippen LogP contribution is -2.38. The first-order valence-electron chi connectivity index (χ1n) is 26.2. The van der Waals surface area contributed by atoms with Gasteiger partial charge in [-0.25, -0.2) is 13.2 Å². The molecular weight excluding hydrogens is 1130 g/mol. The standard InChI is InChI=1S/C21H17FN4O2.C20H18FN3O2.C13H12FN3O2.C8H6BrN/c22-18-6-4-17(5-7-18)21(27)25-8-9-26-19(13-25)11-20(24-26)28-14-16-3-1-2-15(10-16)12-23;21-17-8-6-16(7-9-17)20(25)23-10-11-24-18(13-23)12-19(22-24)26-14-15-4-2-1-3-5-15;14-10-3-1-9(2-4-10)13(19)16-5-6-17-11(8-16)7-12(18)15-17;9-5-7-2-1-3-8(4-7)6-10/h1-7,10-11H,8-9,13-14H2;1-9,12H,10-11,13-14H2;1-4,7H,5-6,8H2,(H,15,18);1-4H,5H2. The Hall–Kier alpha value is -9.99. The molecule has 3 amide bonds. The molecule has 0 fully saturated rings. The molecule has 0 saturated carbocycles. The summed E-state index contributed by atoms with van der Waals surface area (Å²) in [4.78, 5) is 53.8. The van der Waals surface area contributed by atoms with E-state index < -0.39 is 0 Å². The molecule has 420 valence electrons. The molecule has 6 heterocycles. The fraction of sp³-hybridized carbons (Fsp3) is 0.194. The van der Waals surface area contributed by atoms with Crippen LogP contribution in [-0.2, 0) is 57.8 Å². The maximum absolute atomic E-state index is 13.1. The Balaban J connectivity index is 0.000000140. The number of aromatic nitrogens is 6. The van der Waals surface area contributed by atoms with Gasteiger partial charge >= 0.3 is 0 Å². The van der Waals surface area contributed by atoms with E-state index in [2.05, 4.69) is 43.4 Å². The van der Waals surface area contributed by atoms with Crippen molar-refractivity contribution >= 4 is 33.7 Å². The van der Waals surface area contributed by atoms with Crippen LogP contribution in [0.3, 0.4) is 0 Å². The molecule has 6 aromatic carbocycles. The van der Waals surface area contributed by atoms with Gasteiger partial charge in [-0.2, -0.15) is 10.5 Å². The van der Waals surface area contributed by atoms with Crippen LogP contribution in [0.25, 0.3) is 0 Å². The molecular formula is C62H53BrF3N11O6. The molecule has 12 rings (SSSR count). The molecule has 0 saturated heterocycles. The highest BCUT2D eigenvalue weighted by atomic mass is 79.9. The number of H-pyrrole nitrogens is 1. The molecule has 9 aromatic rings. The van der Waals surface area contributed by atoms with Crippen molar-refractivity contribution in [2.75, 3.05) is 19.6 Å². The predicted octanol–water partition coefficient (Wildman–Crippen LogP) is 9.81. The second-order valence-electron chi connectivity index (χ2n) is 19.2. The van der Waals surface area contributed by atoms with Gasteiger partial charge in [0.25, 0.3) is 23.3 Å². The number of carbonyl (C=O) groups is 3. The number of alkyl halides is 1. The van der Waals surface area contributed by atoms with Gasteiger partial charge in [0.15, 0.2) is 0 Å². The Kier molecular flexibility index (Phi) is 19.1. The highest BCUT2D eigenvalue weighted by molar-refractivity contribution is 9.08. The molecule has 0 unspecified atom stereocenters. The van der Waals surface area contributed by atoms with E-state index in [0.717, 1.165) is 44.7 Å². The van der Waals surface area contributed by atoms with Gasteiger partial charge < -0.3 is 24.2 Å². The van der Waals surface area contributed by atoms with E-state index in [9.17, 15) is 32.3 Å². The Morgan fingerprint density at radius 1 is 0.494 bits per heavy atom. The predicted molar refractivity (Wildman–Crippen MR) is 303 cm³/mol. The molecule has 0 aliphatic carbocycles. The van der Waals surface area contributed by atoms with Crippen molar-refractivity contribution in [3.8, 4) is 23.9 Å². The summed E-state index contributed by atoms with van der Waals surface area (Å²) in [6.45, 7) is 5.35. The van der Waals surface area contributed by atoms with Crippen LogP contribution in [-0.4, -0.2) is 81.4 Å². The van der Waals surface area contributed by atoms with Gasteiger partial charge in [-0.15, -0.1) is 10.2 Å². The fourth-order valence-corrected chi connectivity index (χ4v) is 9.45. The molecule has 3 aromatic heterocycles. The molecule has 0 radical (unpaired) electrons. The molecule has 0 spiro atoms. The first-order chi connectivity index (χ1) is 40.3. The average molecular weight is 1190 g/mol. The lowest BCUT2D eigenvalue weighted by atomic mass is 10.1. The van der Waals surface area contributed by atoms with E-state index in [-0.39, 0.29) is 40.7 Å². The quantitative estimate of drug-likeness (QED) is 0.129. The summed E-state index contributed by atoms with van der Waals surface area (Å²) in [5.74, 6) is -0.441. The topological polar surface area (TPSA) is 200 Å². The van der Waals surface area contributed by atoms with E-state index in [1.807, 2.05) is 82.2 Å². The molecule has 21 heteroatoms. The third-order valence-corrected chi connectivity index (χ3v) is 14.1. The number of nitriles is 2. The van der Waals surface area contributed by atoms with Gasteiger partial charge in [-0.3, -0.25) is 38.3 Å². The van der Waals surface area contributed by atoms with Crippen LogP contribution in [0.2, 0.25) is 0 Å². The summed E-state index contributed by atoms with van der Waals surface area (Å²) < 4.78 is 55.9. The van der Waals surface area contributed by atoms with E-state index in [4.69, 9.17) is 20.0 Å². The average Bonchev–Trinajstić information content (AvgIpc) is 4.43. The Morgan fingerprint density at radius 3 is 1.36 bits per heavy atom. The largest absolute Gasteiger partial charge is 0.472 e. The minimum Gasteiger partial charge on any atom is -0.472 e. The maximum Gasteiger partial charge on any atom is 0.264 e. The first kappa shape index (κ1) is 57.7. The number of nitrogens with one attached hydrogen (secondary N) is 1. The lowest BCUT2D eigenvalue weighted by molar-refractivity contribution is 0.0699. The molecule has 1 N–H and O–H groups in total. The number of carbonyl (C=O) groups excluding carboxylic acids is 3. The number of halogens is 4.